The van der Waals surface area contributed by atoms with Crippen LogP contribution in [0.4, 0.5) is 4.79 Å². The van der Waals surface area contributed by atoms with E-state index in [4.69, 9.17) is 26.6 Å². The maximum atomic E-state index is 8.56. The van der Waals surface area contributed by atoms with Crippen molar-refractivity contribution in [3.8, 4) is 0 Å². The Hall–Kier alpha value is -0.350. The Morgan fingerprint density at radius 3 is 1.85 bits per heavy atom. The van der Waals surface area contributed by atoms with Crippen LogP contribution in [0.1, 0.15) is 5.56 Å². The summed E-state index contributed by atoms with van der Waals surface area (Å²) in [7, 11) is 0. The van der Waals surface area contributed by atoms with E-state index >= 15 is 0 Å². The van der Waals surface area contributed by atoms with E-state index in [0.29, 0.717) is 0 Å². The van der Waals surface area contributed by atoms with E-state index in [-0.39, 0.29) is 29.6 Å². The van der Waals surface area contributed by atoms with Gasteiger partial charge in [-0.25, -0.2) is 4.79 Å². The molecule has 13 heavy (non-hydrogen) atoms. The fourth-order valence-electron chi connectivity index (χ4n) is 0.526. The summed E-state index contributed by atoms with van der Waals surface area (Å²) in [5.74, 6) is 1.56. The normalized spacial score (nSPS) is 7.15. The van der Waals surface area contributed by atoms with Crippen molar-refractivity contribution in [2.45, 2.75) is 0 Å². The summed E-state index contributed by atoms with van der Waals surface area (Å²) < 4.78 is 0. The molecule has 0 spiro atoms. The van der Waals surface area contributed by atoms with Gasteiger partial charge in [-0.2, -0.15) is 29.3 Å². The first-order valence-electron chi connectivity index (χ1n) is 3.07. The molecule has 0 radical (unpaired) electrons. The first kappa shape index (κ1) is 15.1. The van der Waals surface area contributed by atoms with E-state index in [0.717, 1.165) is 5.56 Å². The van der Waals surface area contributed by atoms with Crippen LogP contribution >= 0.6 is 11.6 Å². The molecular weight excluding hydrogens is 203 g/mol. The molecule has 66 valence electrons. The van der Waals surface area contributed by atoms with E-state index in [1.807, 2.05) is 30.3 Å². The Balaban J connectivity index is 0. The van der Waals surface area contributed by atoms with Crippen molar-refractivity contribution in [1.29, 1.82) is 0 Å². The van der Waals surface area contributed by atoms with Crippen molar-refractivity contribution in [2.24, 2.45) is 0 Å². The molecule has 0 fully saturated rings. The molecule has 3 nitrogen and oxygen atoms in total. The molecule has 0 aliphatic heterocycles. The molecule has 1 rings (SSSR count). The molecule has 0 aromatic heterocycles. The zero-order chi connectivity index (χ0) is 9.40. The maximum Gasteiger partial charge on any atom is 1.00 e. The quantitative estimate of drug-likeness (QED) is 0.493. The Morgan fingerprint density at radius 2 is 1.62 bits per heavy atom. The predicted molar refractivity (Wildman–Crippen MR) is 46.4 cm³/mol. The molecular formula is C8H8ClNaO3. The van der Waals surface area contributed by atoms with Crippen LogP contribution in [0.25, 0.3) is 0 Å². The van der Waals surface area contributed by atoms with Gasteiger partial charge in [-0.3, -0.25) is 0 Å². The molecule has 1 aromatic carbocycles. The summed E-state index contributed by atoms with van der Waals surface area (Å²) in [5.41, 5.74) is 1.05. The fraction of sp³-hybridized carbons (Fsp3) is 0. The maximum absolute atomic E-state index is 8.56. The van der Waals surface area contributed by atoms with Crippen molar-refractivity contribution < 1.29 is 44.6 Å². The van der Waals surface area contributed by atoms with Crippen molar-refractivity contribution in [3.05, 3.63) is 41.8 Å². The minimum atomic E-state index is -1.83. The second-order valence-corrected chi connectivity index (χ2v) is 2.02. The molecule has 0 heterocycles. The van der Waals surface area contributed by atoms with Crippen LogP contribution in [0.2, 0.25) is 0 Å². The smallest absolute Gasteiger partial charge is 0.450 e. The van der Waals surface area contributed by atoms with Crippen molar-refractivity contribution >= 4 is 17.8 Å². The first-order chi connectivity index (χ1) is 5.66. The number of halogens is 1. The van der Waals surface area contributed by atoms with Crippen molar-refractivity contribution in [3.63, 3.8) is 0 Å². The van der Waals surface area contributed by atoms with Gasteiger partial charge in [0.25, 0.3) is 0 Å². The number of benzene rings is 1. The van der Waals surface area contributed by atoms with Gasteiger partial charge in [-0.15, -0.1) is 12.1 Å². The first-order valence-corrected chi connectivity index (χ1v) is 3.51. The molecule has 0 amide bonds. The molecule has 2 N–H and O–H groups in total. The molecule has 0 bridgehead atoms. The SMILES string of the molecule is Cl[CH-]c1ccccc1.O=C(O)O.[Na+]. The average molecular weight is 211 g/mol. The van der Waals surface area contributed by atoms with Crippen LogP contribution in [-0.2, 0) is 0 Å². The monoisotopic (exact) mass is 210 g/mol. The predicted octanol–water partition coefficient (Wildman–Crippen LogP) is -0.338. The molecule has 1 aromatic rings. The minimum Gasteiger partial charge on any atom is -0.450 e. The average Bonchev–Trinajstić information content (AvgIpc) is 2.05. The van der Waals surface area contributed by atoms with E-state index in [1.54, 1.807) is 5.88 Å². The largest absolute Gasteiger partial charge is 1.00 e. The van der Waals surface area contributed by atoms with Gasteiger partial charge in [0, 0.05) is 0 Å². The molecule has 0 aliphatic rings. The Kier molecular flexibility index (Phi) is 11.3. The fourth-order valence-corrected chi connectivity index (χ4v) is 0.671. The van der Waals surface area contributed by atoms with Gasteiger partial charge < -0.3 is 10.2 Å². The summed E-state index contributed by atoms with van der Waals surface area (Å²) in [4.78, 5) is 8.56. The van der Waals surface area contributed by atoms with Crippen LogP contribution in [0.5, 0.6) is 0 Å². The van der Waals surface area contributed by atoms with Crippen LogP contribution < -0.4 is 29.6 Å². The third-order valence-corrected chi connectivity index (χ3v) is 1.18. The van der Waals surface area contributed by atoms with Gasteiger partial charge >= 0.3 is 35.7 Å². The summed E-state index contributed by atoms with van der Waals surface area (Å²) in [6.45, 7) is 0. The van der Waals surface area contributed by atoms with E-state index < -0.39 is 6.16 Å². The van der Waals surface area contributed by atoms with E-state index in [9.17, 15) is 0 Å². The van der Waals surface area contributed by atoms with Crippen LogP contribution in [0.15, 0.2) is 30.3 Å². The van der Waals surface area contributed by atoms with Gasteiger partial charge in [0.05, 0.1) is 0 Å². The molecule has 0 unspecified atom stereocenters. The second kappa shape index (κ2) is 9.74. The van der Waals surface area contributed by atoms with Crippen LogP contribution in [0, 0.1) is 5.88 Å². The molecule has 0 atom stereocenters. The van der Waals surface area contributed by atoms with Crippen LogP contribution in [0.3, 0.4) is 0 Å². The second-order valence-electron chi connectivity index (χ2n) is 1.80. The topological polar surface area (TPSA) is 57.5 Å². The third-order valence-electron chi connectivity index (χ3n) is 0.926. The summed E-state index contributed by atoms with van der Waals surface area (Å²) in [5, 5.41) is 13.9. The van der Waals surface area contributed by atoms with Gasteiger partial charge in [0.15, 0.2) is 0 Å². The molecule has 5 heteroatoms. The van der Waals surface area contributed by atoms with Crippen LogP contribution in [-0.4, -0.2) is 16.4 Å². The van der Waals surface area contributed by atoms with E-state index in [2.05, 4.69) is 0 Å². The zero-order valence-electron chi connectivity index (χ0n) is 7.14. The Bertz CT molecular complexity index is 224. The van der Waals surface area contributed by atoms with Gasteiger partial charge in [-0.1, -0.05) is 11.9 Å². The summed E-state index contributed by atoms with van der Waals surface area (Å²) >= 11 is 5.40. The van der Waals surface area contributed by atoms with E-state index in [1.165, 1.54) is 0 Å². The third kappa shape index (κ3) is 11.7. The number of carboxylic acid groups (broad SMARTS) is 2. The number of carbonyl (C=O) groups is 1. The Morgan fingerprint density at radius 1 is 1.23 bits per heavy atom. The van der Waals surface area contributed by atoms with Gasteiger partial charge in [0.1, 0.15) is 0 Å². The Labute approximate surface area is 104 Å². The number of hydrogen-bond acceptors (Lipinski definition) is 1. The minimum absolute atomic E-state index is 0. The number of hydrogen-bond donors (Lipinski definition) is 2. The number of rotatable bonds is 1. The molecule has 0 saturated heterocycles. The van der Waals surface area contributed by atoms with Crippen molar-refractivity contribution in [2.75, 3.05) is 0 Å². The zero-order valence-corrected chi connectivity index (χ0v) is 9.90. The molecule has 0 aliphatic carbocycles. The van der Waals surface area contributed by atoms with Gasteiger partial charge in [-0.05, 0) is 0 Å². The van der Waals surface area contributed by atoms with Gasteiger partial charge in [0.2, 0.25) is 0 Å². The standard InChI is InChI=1S/C7H6Cl.CH2O3.Na/c8-6-7-4-2-1-3-5-7;2-1(3)4;/h1-6H;(H2,2,3,4);/q-1;;+1. The van der Waals surface area contributed by atoms with Crippen molar-refractivity contribution in [1.82, 2.24) is 0 Å². The molecule has 0 saturated carbocycles. The summed E-state index contributed by atoms with van der Waals surface area (Å²) in [6.07, 6.45) is -1.83. The summed E-state index contributed by atoms with van der Waals surface area (Å²) in [6, 6.07) is 9.77.